The van der Waals surface area contributed by atoms with E-state index in [0.29, 0.717) is 19.6 Å². The number of carbonyl (C=O) groups excluding carboxylic acids is 1. The Kier molecular flexibility index (Phi) is 7.44. The second-order valence-corrected chi connectivity index (χ2v) is 4.86. The summed E-state index contributed by atoms with van der Waals surface area (Å²) in [6.45, 7) is 8.02. The SMILES string of the molecule is CCC(C)N(CCOC)C(=O)NC(C)(CC)C(=O)O. The number of rotatable bonds is 8. The monoisotopic (exact) mass is 274 g/mol. The van der Waals surface area contributed by atoms with Crippen LogP contribution in [0.1, 0.15) is 40.5 Å². The number of amides is 2. The Morgan fingerprint density at radius 3 is 2.37 bits per heavy atom. The average Bonchev–Trinajstić information content (AvgIpc) is 2.38. The number of nitrogens with one attached hydrogen (secondary N) is 1. The fraction of sp³-hybridized carbons (Fsp3) is 0.846. The smallest absolute Gasteiger partial charge is 0.329 e. The first-order chi connectivity index (χ1) is 8.82. The minimum Gasteiger partial charge on any atom is -0.480 e. The predicted molar refractivity (Wildman–Crippen MR) is 73.2 cm³/mol. The van der Waals surface area contributed by atoms with Gasteiger partial charge in [0, 0.05) is 19.7 Å². The highest BCUT2D eigenvalue weighted by molar-refractivity contribution is 5.85. The molecule has 0 saturated carbocycles. The molecule has 0 aliphatic rings. The first-order valence-corrected chi connectivity index (χ1v) is 6.63. The van der Waals surface area contributed by atoms with Crippen LogP contribution in [0.4, 0.5) is 4.79 Å². The molecule has 0 aliphatic heterocycles. The zero-order valence-corrected chi connectivity index (χ0v) is 12.5. The standard InChI is InChI=1S/C13H26N2O4/c1-6-10(3)15(8-9-19-5)12(18)14-13(4,7-2)11(16)17/h10H,6-9H2,1-5H3,(H,14,18)(H,16,17). The van der Waals surface area contributed by atoms with Crippen molar-refractivity contribution in [2.24, 2.45) is 0 Å². The third kappa shape index (κ3) is 5.06. The van der Waals surface area contributed by atoms with Gasteiger partial charge in [-0.1, -0.05) is 13.8 Å². The van der Waals surface area contributed by atoms with Crippen molar-refractivity contribution in [2.45, 2.75) is 52.1 Å². The van der Waals surface area contributed by atoms with Crippen molar-refractivity contribution in [1.82, 2.24) is 10.2 Å². The maximum Gasteiger partial charge on any atom is 0.329 e. The lowest BCUT2D eigenvalue weighted by Crippen LogP contribution is -2.57. The molecule has 2 amide bonds. The van der Waals surface area contributed by atoms with E-state index in [0.717, 1.165) is 6.42 Å². The van der Waals surface area contributed by atoms with Crippen molar-refractivity contribution in [2.75, 3.05) is 20.3 Å². The van der Waals surface area contributed by atoms with Crippen molar-refractivity contribution in [3.05, 3.63) is 0 Å². The van der Waals surface area contributed by atoms with Crippen molar-refractivity contribution in [3.8, 4) is 0 Å². The first-order valence-electron chi connectivity index (χ1n) is 6.63. The Bertz CT molecular complexity index is 309. The van der Waals surface area contributed by atoms with E-state index in [-0.39, 0.29) is 12.1 Å². The van der Waals surface area contributed by atoms with Gasteiger partial charge in [-0.05, 0) is 26.7 Å². The fourth-order valence-electron chi connectivity index (χ4n) is 1.53. The fourth-order valence-corrected chi connectivity index (χ4v) is 1.53. The summed E-state index contributed by atoms with van der Waals surface area (Å²) < 4.78 is 4.98. The molecule has 112 valence electrons. The van der Waals surface area contributed by atoms with Gasteiger partial charge in [-0.2, -0.15) is 0 Å². The number of carboxylic acids is 1. The van der Waals surface area contributed by atoms with E-state index in [9.17, 15) is 14.7 Å². The molecule has 0 heterocycles. The van der Waals surface area contributed by atoms with E-state index in [4.69, 9.17) is 4.74 Å². The van der Waals surface area contributed by atoms with Gasteiger partial charge >= 0.3 is 12.0 Å². The maximum absolute atomic E-state index is 12.2. The molecule has 0 aliphatic carbocycles. The number of hydrogen-bond donors (Lipinski definition) is 2. The van der Waals surface area contributed by atoms with Crippen LogP contribution in [0, 0.1) is 0 Å². The van der Waals surface area contributed by atoms with Crippen LogP contribution in [-0.4, -0.2) is 53.8 Å². The minimum absolute atomic E-state index is 0.0325. The summed E-state index contributed by atoms with van der Waals surface area (Å²) in [6, 6.07) is -0.330. The zero-order valence-electron chi connectivity index (χ0n) is 12.5. The molecule has 0 aromatic rings. The van der Waals surface area contributed by atoms with Crippen molar-refractivity contribution in [1.29, 1.82) is 0 Å². The molecule has 0 spiro atoms. The van der Waals surface area contributed by atoms with Crippen molar-refractivity contribution in [3.63, 3.8) is 0 Å². The molecule has 0 aromatic heterocycles. The number of carbonyl (C=O) groups is 2. The first kappa shape index (κ1) is 17.7. The lowest BCUT2D eigenvalue weighted by molar-refractivity contribution is -0.143. The van der Waals surface area contributed by atoms with Crippen LogP contribution in [0.25, 0.3) is 0 Å². The summed E-state index contributed by atoms with van der Waals surface area (Å²) in [7, 11) is 1.57. The highest BCUT2D eigenvalue weighted by Gasteiger charge is 2.34. The van der Waals surface area contributed by atoms with Crippen LogP contribution in [0.2, 0.25) is 0 Å². The molecule has 19 heavy (non-hydrogen) atoms. The number of urea groups is 1. The second kappa shape index (κ2) is 7.99. The van der Waals surface area contributed by atoms with Crippen LogP contribution in [-0.2, 0) is 9.53 Å². The molecule has 0 saturated heterocycles. The average molecular weight is 274 g/mol. The van der Waals surface area contributed by atoms with Gasteiger partial charge in [0.05, 0.1) is 6.61 Å². The third-order valence-corrected chi connectivity index (χ3v) is 3.48. The van der Waals surface area contributed by atoms with Crippen LogP contribution in [0.15, 0.2) is 0 Å². The van der Waals surface area contributed by atoms with Gasteiger partial charge in [-0.25, -0.2) is 9.59 Å². The van der Waals surface area contributed by atoms with E-state index in [1.165, 1.54) is 6.92 Å². The van der Waals surface area contributed by atoms with E-state index in [2.05, 4.69) is 5.32 Å². The van der Waals surface area contributed by atoms with Gasteiger partial charge in [0.2, 0.25) is 0 Å². The lowest BCUT2D eigenvalue weighted by Gasteiger charge is -2.33. The molecular formula is C13H26N2O4. The van der Waals surface area contributed by atoms with Gasteiger partial charge in [-0.15, -0.1) is 0 Å². The van der Waals surface area contributed by atoms with Crippen molar-refractivity contribution >= 4 is 12.0 Å². The quantitative estimate of drug-likeness (QED) is 0.706. The normalized spacial score (nSPS) is 15.4. The third-order valence-electron chi connectivity index (χ3n) is 3.48. The summed E-state index contributed by atoms with van der Waals surface area (Å²) in [6.07, 6.45) is 1.12. The van der Waals surface area contributed by atoms with Crippen molar-refractivity contribution < 1.29 is 19.4 Å². The van der Waals surface area contributed by atoms with Gasteiger partial charge in [0.25, 0.3) is 0 Å². The highest BCUT2D eigenvalue weighted by atomic mass is 16.5. The van der Waals surface area contributed by atoms with Gasteiger partial charge < -0.3 is 20.1 Å². The van der Waals surface area contributed by atoms with Gasteiger partial charge in [0.1, 0.15) is 5.54 Å². The Labute approximate surface area is 115 Å². The molecule has 0 aromatic carbocycles. The molecule has 0 bridgehead atoms. The highest BCUT2D eigenvalue weighted by Crippen LogP contribution is 2.12. The number of hydrogen-bond acceptors (Lipinski definition) is 3. The lowest BCUT2D eigenvalue weighted by atomic mass is 9.99. The van der Waals surface area contributed by atoms with E-state index < -0.39 is 11.5 Å². The number of aliphatic carboxylic acids is 1. The molecular weight excluding hydrogens is 248 g/mol. The maximum atomic E-state index is 12.2. The molecule has 0 rings (SSSR count). The Morgan fingerprint density at radius 2 is 2.00 bits per heavy atom. The summed E-state index contributed by atoms with van der Waals surface area (Å²) in [5.41, 5.74) is -1.24. The topological polar surface area (TPSA) is 78.9 Å². The number of carboxylic acid groups (broad SMARTS) is 1. The van der Waals surface area contributed by atoms with Crippen LogP contribution in [0.3, 0.4) is 0 Å². The molecule has 2 N–H and O–H groups in total. The van der Waals surface area contributed by atoms with Crippen LogP contribution >= 0.6 is 0 Å². The van der Waals surface area contributed by atoms with Gasteiger partial charge in [0.15, 0.2) is 0 Å². The molecule has 6 nitrogen and oxygen atoms in total. The molecule has 6 heteroatoms. The second-order valence-electron chi connectivity index (χ2n) is 4.86. The molecule has 0 fully saturated rings. The van der Waals surface area contributed by atoms with Gasteiger partial charge in [-0.3, -0.25) is 0 Å². The Hall–Kier alpha value is -1.30. The van der Waals surface area contributed by atoms with E-state index in [1.807, 2.05) is 13.8 Å². The molecule has 2 atom stereocenters. The van der Waals surface area contributed by atoms with Crippen LogP contribution < -0.4 is 5.32 Å². The number of ether oxygens (including phenoxy) is 1. The minimum atomic E-state index is -1.24. The Morgan fingerprint density at radius 1 is 1.42 bits per heavy atom. The summed E-state index contributed by atoms with van der Waals surface area (Å²) in [5, 5.41) is 11.8. The predicted octanol–water partition coefficient (Wildman–Crippen LogP) is 1.70. The van der Waals surface area contributed by atoms with E-state index in [1.54, 1.807) is 18.9 Å². The van der Waals surface area contributed by atoms with E-state index >= 15 is 0 Å². The number of methoxy groups -OCH3 is 1. The zero-order chi connectivity index (χ0) is 15.1. The Balaban J connectivity index is 4.84. The largest absolute Gasteiger partial charge is 0.480 e. The summed E-state index contributed by atoms with van der Waals surface area (Å²) in [4.78, 5) is 25.0. The summed E-state index contributed by atoms with van der Waals surface area (Å²) >= 11 is 0. The number of nitrogens with zero attached hydrogens (tertiary/aromatic N) is 1. The molecule has 2 unspecified atom stereocenters. The summed E-state index contributed by atoms with van der Waals surface area (Å²) in [5.74, 6) is -1.03. The molecule has 0 radical (unpaired) electrons. The van der Waals surface area contributed by atoms with Crippen LogP contribution in [0.5, 0.6) is 0 Å².